The molecule has 1 saturated heterocycles. The zero-order chi connectivity index (χ0) is 13.1. The van der Waals surface area contributed by atoms with Gasteiger partial charge in [-0.2, -0.15) is 0 Å². The van der Waals surface area contributed by atoms with Gasteiger partial charge in [-0.1, -0.05) is 41.1 Å². The van der Waals surface area contributed by atoms with Gasteiger partial charge in [-0.25, -0.2) is 0 Å². The zero-order valence-corrected chi connectivity index (χ0v) is 12.2. The van der Waals surface area contributed by atoms with Crippen molar-refractivity contribution in [3.8, 4) is 0 Å². The Morgan fingerprint density at radius 2 is 2.28 bits per heavy atom. The summed E-state index contributed by atoms with van der Waals surface area (Å²) in [5, 5.41) is 0. The molecular formula is C14H19BrN2O. The fraction of sp³-hybridized carbons (Fsp3) is 0.500. The third-order valence-electron chi connectivity index (χ3n) is 3.49. The summed E-state index contributed by atoms with van der Waals surface area (Å²) in [6.07, 6.45) is 1.48. The first-order chi connectivity index (χ1) is 8.58. The number of nitrogens with zero attached hydrogens (tertiary/aromatic N) is 1. The number of rotatable bonds is 3. The van der Waals surface area contributed by atoms with E-state index >= 15 is 0 Å². The van der Waals surface area contributed by atoms with Crippen molar-refractivity contribution < 1.29 is 4.79 Å². The smallest absolute Gasteiger partial charge is 0.223 e. The number of carbonyl (C=O) groups excluding carboxylic acids is 1. The molecule has 0 aliphatic carbocycles. The fourth-order valence-electron chi connectivity index (χ4n) is 2.39. The Morgan fingerprint density at radius 3 is 2.89 bits per heavy atom. The molecule has 1 aromatic rings. The second kappa shape index (κ2) is 5.85. The number of hydrogen-bond acceptors (Lipinski definition) is 2. The molecule has 1 heterocycles. The predicted octanol–water partition coefficient (Wildman–Crippen LogP) is 2.50. The third-order valence-corrected chi connectivity index (χ3v) is 4.22. The molecule has 2 atom stereocenters. The highest BCUT2D eigenvalue weighted by molar-refractivity contribution is 9.10. The lowest BCUT2D eigenvalue weighted by Crippen LogP contribution is -2.32. The fourth-order valence-corrected chi connectivity index (χ4v) is 3.07. The van der Waals surface area contributed by atoms with E-state index in [2.05, 4.69) is 28.9 Å². The molecule has 1 aliphatic rings. The van der Waals surface area contributed by atoms with Gasteiger partial charge in [-0.3, -0.25) is 4.79 Å². The summed E-state index contributed by atoms with van der Waals surface area (Å²) in [6.45, 7) is 3.61. The highest BCUT2D eigenvalue weighted by Crippen LogP contribution is 2.27. The average Bonchev–Trinajstić information content (AvgIpc) is 2.76. The second-order valence-electron chi connectivity index (χ2n) is 5.02. The van der Waals surface area contributed by atoms with Crippen molar-refractivity contribution >= 4 is 21.8 Å². The molecule has 18 heavy (non-hydrogen) atoms. The number of carbonyl (C=O) groups is 1. The Kier molecular flexibility index (Phi) is 4.40. The minimum atomic E-state index is 0.160. The lowest BCUT2D eigenvalue weighted by atomic mass is 9.97. The maximum Gasteiger partial charge on any atom is 0.223 e. The quantitative estimate of drug-likeness (QED) is 0.932. The van der Waals surface area contributed by atoms with Gasteiger partial charge in [0.05, 0.1) is 0 Å². The number of hydrogen-bond donors (Lipinski definition) is 1. The van der Waals surface area contributed by atoms with Crippen LogP contribution in [-0.4, -0.2) is 29.9 Å². The van der Waals surface area contributed by atoms with Crippen LogP contribution in [0.15, 0.2) is 28.7 Å². The molecule has 98 valence electrons. The van der Waals surface area contributed by atoms with E-state index in [1.165, 1.54) is 5.56 Å². The number of nitrogens with two attached hydrogens (primary N) is 1. The third kappa shape index (κ3) is 3.12. The minimum absolute atomic E-state index is 0.160. The molecule has 0 spiro atoms. The molecule has 1 fully saturated rings. The topological polar surface area (TPSA) is 46.3 Å². The molecule has 1 amide bonds. The Bertz CT molecular complexity index is 436. The van der Waals surface area contributed by atoms with Crippen molar-refractivity contribution in [2.75, 3.05) is 13.1 Å². The Hall–Kier alpha value is -0.870. The maximum atomic E-state index is 12.1. The molecule has 0 radical (unpaired) electrons. The van der Waals surface area contributed by atoms with Crippen molar-refractivity contribution in [1.82, 2.24) is 4.90 Å². The molecule has 4 heteroatoms. The minimum Gasteiger partial charge on any atom is -0.341 e. The van der Waals surface area contributed by atoms with Crippen LogP contribution in [0.4, 0.5) is 0 Å². The Labute approximate surface area is 116 Å². The SMILES string of the molecule is C[C@@H](CC(=O)N1CC[C@@H](N)C1)c1ccccc1Br. The molecular weight excluding hydrogens is 292 g/mol. The number of halogens is 1. The van der Waals surface area contributed by atoms with Gasteiger partial charge in [0, 0.05) is 30.0 Å². The molecule has 1 aromatic carbocycles. The van der Waals surface area contributed by atoms with Gasteiger partial charge in [0.2, 0.25) is 5.91 Å². The molecule has 2 rings (SSSR count). The number of amides is 1. The summed E-state index contributed by atoms with van der Waals surface area (Å²) >= 11 is 3.53. The van der Waals surface area contributed by atoms with Gasteiger partial charge in [0.1, 0.15) is 0 Å². The monoisotopic (exact) mass is 310 g/mol. The highest BCUT2D eigenvalue weighted by Gasteiger charge is 2.25. The van der Waals surface area contributed by atoms with Crippen molar-refractivity contribution in [3.05, 3.63) is 34.3 Å². The molecule has 2 N–H and O–H groups in total. The van der Waals surface area contributed by atoms with E-state index < -0.39 is 0 Å². The van der Waals surface area contributed by atoms with Crippen LogP contribution >= 0.6 is 15.9 Å². The summed E-state index contributed by atoms with van der Waals surface area (Å²) in [7, 11) is 0. The maximum absolute atomic E-state index is 12.1. The van der Waals surface area contributed by atoms with Gasteiger partial charge in [0.25, 0.3) is 0 Å². The van der Waals surface area contributed by atoms with E-state index in [0.717, 1.165) is 17.4 Å². The van der Waals surface area contributed by atoms with Crippen LogP contribution in [0.5, 0.6) is 0 Å². The summed E-state index contributed by atoms with van der Waals surface area (Å²) in [4.78, 5) is 14.0. The highest BCUT2D eigenvalue weighted by atomic mass is 79.9. The summed E-state index contributed by atoms with van der Waals surface area (Å²) < 4.78 is 1.07. The molecule has 0 unspecified atom stereocenters. The first-order valence-electron chi connectivity index (χ1n) is 6.35. The number of benzene rings is 1. The van der Waals surface area contributed by atoms with E-state index in [4.69, 9.17) is 5.73 Å². The standard InChI is InChI=1S/C14H19BrN2O/c1-10(12-4-2-3-5-13(12)15)8-14(18)17-7-6-11(16)9-17/h2-5,10-11H,6-9,16H2,1H3/t10-,11+/m0/s1. The van der Waals surface area contributed by atoms with E-state index in [9.17, 15) is 4.79 Å². The summed E-state index contributed by atoms with van der Waals surface area (Å²) in [6, 6.07) is 8.24. The Balaban J connectivity index is 1.97. The summed E-state index contributed by atoms with van der Waals surface area (Å²) in [5.41, 5.74) is 7.02. The molecule has 0 bridgehead atoms. The predicted molar refractivity (Wildman–Crippen MR) is 76.3 cm³/mol. The van der Waals surface area contributed by atoms with Gasteiger partial charge in [-0.15, -0.1) is 0 Å². The van der Waals surface area contributed by atoms with Gasteiger partial charge < -0.3 is 10.6 Å². The van der Waals surface area contributed by atoms with Crippen LogP contribution < -0.4 is 5.73 Å². The largest absolute Gasteiger partial charge is 0.341 e. The van der Waals surface area contributed by atoms with Crippen LogP contribution in [0.25, 0.3) is 0 Å². The summed E-state index contributed by atoms with van der Waals surface area (Å²) in [5.74, 6) is 0.441. The number of likely N-dealkylation sites (tertiary alicyclic amines) is 1. The van der Waals surface area contributed by atoms with Crippen molar-refractivity contribution in [2.45, 2.75) is 31.7 Å². The van der Waals surface area contributed by atoms with E-state index in [-0.39, 0.29) is 17.9 Å². The lowest BCUT2D eigenvalue weighted by molar-refractivity contribution is -0.130. The van der Waals surface area contributed by atoms with Crippen molar-refractivity contribution in [2.24, 2.45) is 5.73 Å². The average molecular weight is 311 g/mol. The molecule has 3 nitrogen and oxygen atoms in total. The first kappa shape index (κ1) is 13.6. The van der Waals surface area contributed by atoms with Crippen molar-refractivity contribution in [3.63, 3.8) is 0 Å². The lowest BCUT2D eigenvalue weighted by Gasteiger charge is -2.19. The van der Waals surface area contributed by atoms with Gasteiger partial charge in [-0.05, 0) is 24.0 Å². The van der Waals surface area contributed by atoms with Gasteiger partial charge >= 0.3 is 0 Å². The van der Waals surface area contributed by atoms with E-state index in [1.807, 2.05) is 23.1 Å². The van der Waals surface area contributed by atoms with Crippen LogP contribution in [0.2, 0.25) is 0 Å². The van der Waals surface area contributed by atoms with Crippen LogP contribution in [0, 0.1) is 0 Å². The zero-order valence-electron chi connectivity index (χ0n) is 10.6. The normalized spacial score (nSPS) is 21.1. The molecule has 0 aromatic heterocycles. The van der Waals surface area contributed by atoms with E-state index in [0.29, 0.717) is 13.0 Å². The van der Waals surface area contributed by atoms with Crippen LogP contribution in [0.3, 0.4) is 0 Å². The second-order valence-corrected chi connectivity index (χ2v) is 5.87. The van der Waals surface area contributed by atoms with Crippen LogP contribution in [-0.2, 0) is 4.79 Å². The van der Waals surface area contributed by atoms with Crippen LogP contribution in [0.1, 0.15) is 31.2 Å². The first-order valence-corrected chi connectivity index (χ1v) is 7.15. The molecule has 0 saturated carbocycles. The molecule has 1 aliphatic heterocycles. The Morgan fingerprint density at radius 1 is 1.56 bits per heavy atom. The van der Waals surface area contributed by atoms with Crippen molar-refractivity contribution in [1.29, 1.82) is 0 Å². The van der Waals surface area contributed by atoms with E-state index in [1.54, 1.807) is 0 Å². The van der Waals surface area contributed by atoms with Gasteiger partial charge in [0.15, 0.2) is 0 Å².